The Balaban J connectivity index is 3.28. The Kier molecular flexibility index (Phi) is 3.38. The lowest BCUT2D eigenvalue weighted by atomic mass is 9.91. The molecule has 88 valence electrons. The number of ether oxygens (including phenoxy) is 1. The lowest BCUT2D eigenvalue weighted by Gasteiger charge is -2.18. The molecule has 0 spiro atoms. The van der Waals surface area contributed by atoms with Crippen molar-refractivity contribution in [2.45, 2.75) is 33.3 Å². The van der Waals surface area contributed by atoms with Gasteiger partial charge in [-0.2, -0.15) is 0 Å². The van der Waals surface area contributed by atoms with Crippen molar-refractivity contribution in [1.29, 1.82) is 0 Å². The number of hydrogen-bond donors (Lipinski definition) is 1. The summed E-state index contributed by atoms with van der Waals surface area (Å²) in [5.74, 6) is 0.487. The summed E-state index contributed by atoms with van der Waals surface area (Å²) in [5.41, 5.74) is 0.987. The van der Waals surface area contributed by atoms with Crippen molar-refractivity contribution in [2.24, 2.45) is 0 Å². The number of ketones is 1. The average Bonchev–Trinajstić information content (AvgIpc) is 2.20. The predicted molar refractivity (Wildman–Crippen MR) is 63.1 cm³/mol. The van der Waals surface area contributed by atoms with Crippen molar-refractivity contribution in [3.8, 4) is 5.75 Å². The molecular weight excluding hydrogens is 204 g/mol. The van der Waals surface area contributed by atoms with Gasteiger partial charge in [-0.25, -0.2) is 0 Å². The molecule has 0 aromatic heterocycles. The number of methoxy groups -OCH3 is 1. The number of aliphatic hydroxyl groups is 1. The molecule has 1 N–H and O–H groups in total. The minimum absolute atomic E-state index is 0.268. The number of rotatable bonds is 3. The minimum Gasteiger partial charge on any atom is -0.496 e. The van der Waals surface area contributed by atoms with Crippen molar-refractivity contribution in [1.82, 2.24) is 0 Å². The topological polar surface area (TPSA) is 46.5 Å². The molecule has 3 heteroatoms. The Morgan fingerprint density at radius 2 is 1.81 bits per heavy atom. The van der Waals surface area contributed by atoms with Crippen molar-refractivity contribution in [2.75, 3.05) is 7.11 Å². The average molecular weight is 222 g/mol. The van der Waals surface area contributed by atoms with Crippen LogP contribution in [0.2, 0.25) is 0 Å². The third kappa shape index (κ3) is 2.25. The van der Waals surface area contributed by atoms with Gasteiger partial charge in [-0.15, -0.1) is 0 Å². The second-order valence-electron chi connectivity index (χ2n) is 4.45. The van der Waals surface area contributed by atoms with Crippen LogP contribution in [0.15, 0.2) is 12.1 Å². The largest absolute Gasteiger partial charge is 0.496 e. The van der Waals surface area contributed by atoms with E-state index < -0.39 is 5.60 Å². The Hall–Kier alpha value is -1.35. The van der Waals surface area contributed by atoms with Crippen molar-refractivity contribution in [3.05, 3.63) is 28.8 Å². The zero-order chi connectivity index (χ0) is 12.5. The molecule has 1 aromatic carbocycles. The highest BCUT2D eigenvalue weighted by Gasteiger charge is 2.27. The summed E-state index contributed by atoms with van der Waals surface area (Å²) in [6.07, 6.45) is 0. The monoisotopic (exact) mass is 222 g/mol. The maximum Gasteiger partial charge on any atom is 0.194 e. The van der Waals surface area contributed by atoms with Gasteiger partial charge in [-0.1, -0.05) is 0 Å². The molecule has 0 heterocycles. The summed E-state index contributed by atoms with van der Waals surface area (Å²) < 4.78 is 5.17. The van der Waals surface area contributed by atoms with Crippen LogP contribution in [-0.4, -0.2) is 23.6 Å². The fraction of sp³-hybridized carbons (Fsp3) is 0.462. The molecule has 0 saturated heterocycles. The van der Waals surface area contributed by atoms with E-state index in [0.29, 0.717) is 5.56 Å². The SMILES string of the molecule is COc1ccc(C(=O)C(C)(C)O)c(C)c1C. The van der Waals surface area contributed by atoms with E-state index in [4.69, 9.17) is 4.74 Å². The van der Waals surface area contributed by atoms with E-state index in [0.717, 1.165) is 16.9 Å². The molecule has 1 rings (SSSR count). The van der Waals surface area contributed by atoms with Crippen molar-refractivity contribution in [3.63, 3.8) is 0 Å². The molecule has 0 fully saturated rings. The van der Waals surface area contributed by atoms with Crippen LogP contribution in [0.5, 0.6) is 5.75 Å². The summed E-state index contributed by atoms with van der Waals surface area (Å²) in [6.45, 7) is 6.74. The lowest BCUT2D eigenvalue weighted by Crippen LogP contribution is -2.31. The fourth-order valence-electron chi connectivity index (χ4n) is 1.59. The van der Waals surface area contributed by atoms with E-state index in [-0.39, 0.29) is 5.78 Å². The number of benzene rings is 1. The van der Waals surface area contributed by atoms with Crippen LogP contribution in [-0.2, 0) is 0 Å². The molecule has 3 nitrogen and oxygen atoms in total. The first kappa shape index (κ1) is 12.7. The number of carbonyl (C=O) groups is 1. The first-order valence-electron chi connectivity index (χ1n) is 5.20. The maximum absolute atomic E-state index is 11.9. The van der Waals surface area contributed by atoms with Crippen LogP contribution in [0, 0.1) is 13.8 Å². The van der Waals surface area contributed by atoms with Crippen LogP contribution < -0.4 is 4.74 Å². The van der Waals surface area contributed by atoms with Gasteiger partial charge >= 0.3 is 0 Å². The van der Waals surface area contributed by atoms with Gasteiger partial charge in [0.25, 0.3) is 0 Å². The summed E-state index contributed by atoms with van der Waals surface area (Å²) in [5, 5.41) is 9.70. The van der Waals surface area contributed by atoms with Gasteiger partial charge in [0.15, 0.2) is 5.78 Å². The van der Waals surface area contributed by atoms with Crippen LogP contribution in [0.25, 0.3) is 0 Å². The molecular formula is C13H18O3. The normalized spacial score (nSPS) is 11.4. The summed E-state index contributed by atoms with van der Waals surface area (Å²) >= 11 is 0. The van der Waals surface area contributed by atoms with Crippen LogP contribution in [0.4, 0.5) is 0 Å². The number of carbonyl (C=O) groups excluding carboxylic acids is 1. The smallest absolute Gasteiger partial charge is 0.194 e. The molecule has 0 atom stereocenters. The summed E-state index contributed by atoms with van der Waals surface area (Å²) in [6, 6.07) is 3.45. The highest BCUT2D eigenvalue weighted by molar-refractivity contribution is 6.03. The molecule has 0 unspecified atom stereocenters. The zero-order valence-electron chi connectivity index (χ0n) is 10.4. The molecule has 1 aromatic rings. The van der Waals surface area contributed by atoms with Crippen LogP contribution in [0.1, 0.15) is 35.3 Å². The molecule has 0 aliphatic rings. The Morgan fingerprint density at radius 1 is 1.25 bits per heavy atom. The second-order valence-corrected chi connectivity index (χ2v) is 4.45. The number of hydrogen-bond acceptors (Lipinski definition) is 3. The second kappa shape index (κ2) is 4.26. The van der Waals surface area contributed by atoms with Crippen LogP contribution >= 0.6 is 0 Å². The Morgan fingerprint density at radius 3 is 2.25 bits per heavy atom. The van der Waals surface area contributed by atoms with Gasteiger partial charge in [0.1, 0.15) is 11.4 Å². The van der Waals surface area contributed by atoms with Gasteiger partial charge in [0.05, 0.1) is 7.11 Å². The van der Waals surface area contributed by atoms with Crippen molar-refractivity contribution >= 4 is 5.78 Å². The molecule has 0 bridgehead atoms. The first-order chi connectivity index (χ1) is 7.29. The van der Waals surface area contributed by atoms with E-state index in [1.54, 1.807) is 19.2 Å². The number of Topliss-reactive ketones (excluding diaryl/α,β-unsaturated/α-hetero) is 1. The standard InChI is InChI=1S/C13H18O3/c1-8-9(2)11(16-5)7-6-10(8)12(14)13(3,4)15/h6-7,15H,1-5H3. The van der Waals surface area contributed by atoms with Gasteiger partial charge in [0, 0.05) is 5.56 Å². The minimum atomic E-state index is -1.34. The van der Waals surface area contributed by atoms with Crippen molar-refractivity contribution < 1.29 is 14.6 Å². The predicted octanol–water partition coefficient (Wildman–Crippen LogP) is 2.27. The Labute approximate surface area is 96.1 Å². The summed E-state index contributed by atoms with van der Waals surface area (Å²) in [4.78, 5) is 11.9. The van der Waals surface area contributed by atoms with Gasteiger partial charge < -0.3 is 9.84 Å². The van der Waals surface area contributed by atoms with E-state index in [1.165, 1.54) is 13.8 Å². The first-order valence-corrected chi connectivity index (χ1v) is 5.20. The van der Waals surface area contributed by atoms with Gasteiger partial charge in [-0.3, -0.25) is 4.79 Å². The van der Waals surface area contributed by atoms with E-state index in [1.807, 2.05) is 13.8 Å². The van der Waals surface area contributed by atoms with E-state index in [9.17, 15) is 9.90 Å². The van der Waals surface area contributed by atoms with Gasteiger partial charge in [-0.05, 0) is 51.0 Å². The third-order valence-electron chi connectivity index (χ3n) is 2.76. The Bertz CT molecular complexity index is 414. The van der Waals surface area contributed by atoms with E-state index in [2.05, 4.69) is 0 Å². The quantitative estimate of drug-likeness (QED) is 0.798. The van der Waals surface area contributed by atoms with Crippen LogP contribution in [0.3, 0.4) is 0 Å². The highest BCUT2D eigenvalue weighted by atomic mass is 16.5. The zero-order valence-corrected chi connectivity index (χ0v) is 10.4. The lowest BCUT2D eigenvalue weighted by molar-refractivity contribution is 0.0487. The highest BCUT2D eigenvalue weighted by Crippen LogP contribution is 2.26. The summed E-state index contributed by atoms with van der Waals surface area (Å²) in [7, 11) is 1.60. The van der Waals surface area contributed by atoms with E-state index >= 15 is 0 Å². The molecule has 0 aliphatic carbocycles. The molecule has 0 saturated carbocycles. The molecule has 0 amide bonds. The van der Waals surface area contributed by atoms with Gasteiger partial charge in [0.2, 0.25) is 0 Å². The molecule has 16 heavy (non-hydrogen) atoms. The fourth-order valence-corrected chi connectivity index (χ4v) is 1.59. The molecule has 0 aliphatic heterocycles. The molecule has 0 radical (unpaired) electrons. The maximum atomic E-state index is 11.9. The third-order valence-corrected chi connectivity index (χ3v) is 2.76.